The quantitative estimate of drug-likeness (QED) is 0.646. The number of carbonyl (C=O) groups is 1. The molecule has 2 atom stereocenters. The largest absolute Gasteiger partial charge is 0.478 e. The Morgan fingerprint density at radius 2 is 1.76 bits per heavy atom. The van der Waals surface area contributed by atoms with Crippen LogP contribution < -0.4 is 0 Å². The molecule has 0 heterocycles. The van der Waals surface area contributed by atoms with Crippen LogP contribution in [-0.2, 0) is 6.42 Å². The summed E-state index contributed by atoms with van der Waals surface area (Å²) in [6.07, 6.45) is 13.1. The molecule has 2 aliphatic carbocycles. The maximum absolute atomic E-state index is 11.3. The third kappa shape index (κ3) is 4.10. The van der Waals surface area contributed by atoms with Crippen LogP contribution in [0.1, 0.15) is 99.0 Å². The van der Waals surface area contributed by atoms with Crippen molar-refractivity contribution in [2.75, 3.05) is 0 Å². The molecule has 0 amide bonds. The maximum Gasteiger partial charge on any atom is 0.335 e. The number of carboxylic acids is 1. The van der Waals surface area contributed by atoms with Crippen LogP contribution in [0, 0.1) is 17.8 Å². The van der Waals surface area contributed by atoms with Crippen molar-refractivity contribution in [3.05, 3.63) is 34.9 Å². The molecule has 3 rings (SSSR count). The van der Waals surface area contributed by atoms with Gasteiger partial charge in [-0.05, 0) is 72.6 Å². The third-order valence-electron chi connectivity index (χ3n) is 6.80. The number of rotatable bonds is 6. The Bertz CT molecular complexity index is 584. The lowest BCUT2D eigenvalue weighted by atomic mass is 9.63. The van der Waals surface area contributed by atoms with Gasteiger partial charge in [-0.15, -0.1) is 0 Å². The third-order valence-corrected chi connectivity index (χ3v) is 6.80. The van der Waals surface area contributed by atoms with Crippen LogP contribution in [0.4, 0.5) is 0 Å². The van der Waals surface area contributed by atoms with Crippen LogP contribution in [-0.4, -0.2) is 11.1 Å². The van der Waals surface area contributed by atoms with Gasteiger partial charge in [-0.1, -0.05) is 58.4 Å². The molecule has 1 saturated carbocycles. The lowest BCUT2D eigenvalue weighted by Crippen LogP contribution is -2.30. The highest BCUT2D eigenvalue weighted by Gasteiger charge is 2.36. The molecule has 0 radical (unpaired) electrons. The lowest BCUT2D eigenvalue weighted by molar-refractivity contribution is 0.0696. The number of fused-ring (bicyclic) bond motifs is 1. The Hall–Kier alpha value is -1.31. The molecule has 0 bridgehead atoms. The second kappa shape index (κ2) is 8.38. The van der Waals surface area contributed by atoms with Gasteiger partial charge in [0.1, 0.15) is 0 Å². The molecule has 2 heteroatoms. The van der Waals surface area contributed by atoms with Gasteiger partial charge in [0.25, 0.3) is 0 Å². The summed E-state index contributed by atoms with van der Waals surface area (Å²) in [4.78, 5) is 11.3. The topological polar surface area (TPSA) is 37.3 Å². The van der Waals surface area contributed by atoms with Gasteiger partial charge in [0, 0.05) is 0 Å². The fraction of sp³-hybridized carbons (Fsp3) is 0.696. The number of carboxylic acid groups (broad SMARTS) is 1. The van der Waals surface area contributed by atoms with Crippen molar-refractivity contribution in [3.8, 4) is 0 Å². The van der Waals surface area contributed by atoms with Crippen LogP contribution in [0.3, 0.4) is 0 Å². The molecule has 0 aromatic heterocycles. The average Bonchev–Trinajstić information content (AvgIpc) is 2.62. The van der Waals surface area contributed by atoms with E-state index in [1.54, 1.807) is 0 Å². The summed E-state index contributed by atoms with van der Waals surface area (Å²) in [7, 11) is 0. The molecule has 0 saturated heterocycles. The minimum absolute atomic E-state index is 0.457. The van der Waals surface area contributed by atoms with E-state index in [9.17, 15) is 9.90 Å². The van der Waals surface area contributed by atoms with E-state index in [1.165, 1.54) is 68.9 Å². The molecule has 1 aromatic carbocycles. The second-order valence-electron chi connectivity index (χ2n) is 8.40. The average molecular weight is 343 g/mol. The summed E-state index contributed by atoms with van der Waals surface area (Å²) in [6, 6.07) is 5.95. The molecule has 2 aliphatic rings. The van der Waals surface area contributed by atoms with E-state index < -0.39 is 5.97 Å². The van der Waals surface area contributed by atoms with Crippen LogP contribution in [0.2, 0.25) is 0 Å². The van der Waals surface area contributed by atoms with Crippen molar-refractivity contribution >= 4 is 5.97 Å². The van der Waals surface area contributed by atoms with Crippen molar-refractivity contribution in [1.29, 1.82) is 0 Å². The predicted molar refractivity (Wildman–Crippen MR) is 103 cm³/mol. The zero-order valence-corrected chi connectivity index (χ0v) is 16.0. The minimum Gasteiger partial charge on any atom is -0.478 e. The number of hydrogen-bond donors (Lipinski definition) is 1. The van der Waals surface area contributed by atoms with Crippen molar-refractivity contribution in [1.82, 2.24) is 0 Å². The summed E-state index contributed by atoms with van der Waals surface area (Å²) in [6.45, 7) is 4.61. The van der Waals surface area contributed by atoms with Gasteiger partial charge >= 0.3 is 5.97 Å². The minimum atomic E-state index is -0.796. The highest BCUT2D eigenvalue weighted by molar-refractivity contribution is 5.88. The first-order valence-electron chi connectivity index (χ1n) is 10.5. The van der Waals surface area contributed by atoms with Gasteiger partial charge in [0.2, 0.25) is 0 Å². The number of aromatic carboxylic acids is 1. The van der Waals surface area contributed by atoms with Gasteiger partial charge in [0.05, 0.1) is 5.56 Å². The van der Waals surface area contributed by atoms with E-state index in [-0.39, 0.29) is 0 Å². The second-order valence-corrected chi connectivity index (χ2v) is 8.40. The summed E-state index contributed by atoms with van der Waals surface area (Å²) in [5.41, 5.74) is 3.25. The van der Waals surface area contributed by atoms with Crippen LogP contribution in [0.15, 0.2) is 18.2 Å². The zero-order chi connectivity index (χ0) is 17.8. The van der Waals surface area contributed by atoms with Crippen molar-refractivity contribution in [3.63, 3.8) is 0 Å². The number of hydrogen-bond acceptors (Lipinski definition) is 1. The first kappa shape index (κ1) is 18.5. The molecule has 0 spiro atoms. The first-order chi connectivity index (χ1) is 12.1. The Kier molecular flexibility index (Phi) is 6.19. The van der Waals surface area contributed by atoms with Crippen LogP contribution in [0.25, 0.3) is 0 Å². The molecule has 1 N–H and O–H groups in total. The van der Waals surface area contributed by atoms with E-state index >= 15 is 0 Å². The van der Waals surface area contributed by atoms with E-state index in [4.69, 9.17) is 0 Å². The molecule has 2 nitrogen and oxygen atoms in total. The zero-order valence-electron chi connectivity index (χ0n) is 16.0. The van der Waals surface area contributed by atoms with E-state index in [0.717, 1.165) is 24.2 Å². The van der Waals surface area contributed by atoms with E-state index in [2.05, 4.69) is 19.9 Å². The van der Waals surface area contributed by atoms with E-state index in [0.29, 0.717) is 11.5 Å². The highest BCUT2D eigenvalue weighted by atomic mass is 16.4. The van der Waals surface area contributed by atoms with Gasteiger partial charge in [0.15, 0.2) is 0 Å². The van der Waals surface area contributed by atoms with Gasteiger partial charge in [-0.3, -0.25) is 0 Å². The van der Waals surface area contributed by atoms with Crippen molar-refractivity contribution in [2.24, 2.45) is 17.8 Å². The molecule has 0 aliphatic heterocycles. The van der Waals surface area contributed by atoms with Gasteiger partial charge in [-0.2, -0.15) is 0 Å². The summed E-state index contributed by atoms with van der Waals surface area (Å²) < 4.78 is 0. The molecular weight excluding hydrogens is 308 g/mol. The molecule has 25 heavy (non-hydrogen) atoms. The molecule has 138 valence electrons. The monoisotopic (exact) mass is 342 g/mol. The standard InChI is InChI=1S/C23H34O2/c1-3-5-16-7-9-18(10-8-16)22-17(6-4-2)11-12-19-15-20(23(24)25)13-14-21(19)22/h13-18,22H,3-12H2,1-2H3,(H,24,25)/t16-,17?,18-,22?. The van der Waals surface area contributed by atoms with E-state index in [1.807, 2.05) is 12.1 Å². The first-order valence-corrected chi connectivity index (χ1v) is 10.5. The summed E-state index contributed by atoms with van der Waals surface area (Å²) >= 11 is 0. The Morgan fingerprint density at radius 1 is 1.04 bits per heavy atom. The SMILES string of the molecule is CCCC1CCc2cc(C(=O)O)ccc2C1[C@H]1CC[C@H](CCC)CC1. The fourth-order valence-electron chi connectivity index (χ4n) is 5.63. The number of aryl methyl sites for hydroxylation is 1. The predicted octanol–water partition coefficient (Wildman–Crippen LogP) is 6.44. The van der Waals surface area contributed by atoms with Crippen molar-refractivity contribution < 1.29 is 9.90 Å². The fourth-order valence-corrected chi connectivity index (χ4v) is 5.63. The van der Waals surface area contributed by atoms with Crippen LogP contribution >= 0.6 is 0 Å². The maximum atomic E-state index is 11.3. The Balaban J connectivity index is 1.83. The smallest absolute Gasteiger partial charge is 0.335 e. The van der Waals surface area contributed by atoms with Gasteiger partial charge in [-0.25, -0.2) is 4.79 Å². The summed E-state index contributed by atoms with van der Waals surface area (Å²) in [5.74, 6) is 2.41. The number of benzene rings is 1. The normalized spacial score (nSPS) is 29.2. The molecular formula is C23H34O2. The molecule has 2 unspecified atom stereocenters. The Morgan fingerprint density at radius 3 is 2.40 bits per heavy atom. The van der Waals surface area contributed by atoms with Gasteiger partial charge < -0.3 is 5.11 Å². The van der Waals surface area contributed by atoms with Crippen molar-refractivity contribution in [2.45, 2.75) is 84.0 Å². The molecule has 1 fully saturated rings. The Labute approximate surface area is 153 Å². The molecule has 1 aromatic rings. The van der Waals surface area contributed by atoms with Crippen LogP contribution in [0.5, 0.6) is 0 Å². The highest BCUT2D eigenvalue weighted by Crippen LogP contribution is 2.49. The lowest BCUT2D eigenvalue weighted by Gasteiger charge is -2.42. The summed E-state index contributed by atoms with van der Waals surface area (Å²) in [5, 5.41) is 9.32.